The van der Waals surface area contributed by atoms with E-state index in [4.69, 9.17) is 20.9 Å². The van der Waals surface area contributed by atoms with Gasteiger partial charge in [0.1, 0.15) is 0 Å². The quantitative estimate of drug-likeness (QED) is 0.914. The van der Waals surface area contributed by atoms with Gasteiger partial charge in [-0.05, 0) is 24.6 Å². The molecule has 1 atom stereocenters. The lowest BCUT2D eigenvalue weighted by atomic mass is 10.1. The molecule has 1 N–H and O–H groups in total. The van der Waals surface area contributed by atoms with Crippen LogP contribution >= 0.6 is 11.6 Å². The van der Waals surface area contributed by atoms with Gasteiger partial charge in [-0.3, -0.25) is 0 Å². The topological polar surface area (TPSA) is 60.2 Å². The summed E-state index contributed by atoms with van der Waals surface area (Å²) in [5.41, 5.74) is 1.85. The van der Waals surface area contributed by atoms with Crippen molar-refractivity contribution in [1.29, 1.82) is 0 Å². The first-order valence-electron chi connectivity index (χ1n) is 6.15. The molecule has 1 saturated heterocycles. The molecule has 1 aliphatic rings. The molecule has 100 valence electrons. The van der Waals surface area contributed by atoms with Crippen molar-refractivity contribution in [2.45, 2.75) is 13.0 Å². The van der Waals surface area contributed by atoms with Crippen LogP contribution in [0.25, 0.3) is 11.5 Å². The van der Waals surface area contributed by atoms with E-state index in [2.05, 4.69) is 15.5 Å². The molecular formula is C13H14ClN3O2. The van der Waals surface area contributed by atoms with Crippen molar-refractivity contribution in [1.82, 2.24) is 15.5 Å². The third-order valence-electron chi connectivity index (χ3n) is 3.03. The normalized spacial score (nSPS) is 19.6. The molecule has 2 aromatic rings. The van der Waals surface area contributed by atoms with Crippen LogP contribution in [0, 0.1) is 6.92 Å². The summed E-state index contributed by atoms with van der Waals surface area (Å²) in [4.78, 5) is 4.39. The Hall–Kier alpha value is -1.43. The van der Waals surface area contributed by atoms with Crippen LogP contribution in [0.1, 0.15) is 17.4 Å². The smallest absolute Gasteiger partial charge is 0.259 e. The number of halogens is 1. The van der Waals surface area contributed by atoms with Crippen LogP contribution in [-0.2, 0) is 4.74 Å². The van der Waals surface area contributed by atoms with E-state index in [9.17, 15) is 0 Å². The van der Waals surface area contributed by atoms with Gasteiger partial charge in [0.15, 0.2) is 5.82 Å². The maximum atomic E-state index is 6.19. The molecule has 6 heteroatoms. The van der Waals surface area contributed by atoms with E-state index in [1.54, 1.807) is 0 Å². The van der Waals surface area contributed by atoms with Crippen molar-refractivity contribution < 1.29 is 9.26 Å². The summed E-state index contributed by atoms with van der Waals surface area (Å²) in [6.07, 6.45) is 0. The Morgan fingerprint density at radius 2 is 2.32 bits per heavy atom. The van der Waals surface area contributed by atoms with Crippen LogP contribution in [0.3, 0.4) is 0 Å². The third kappa shape index (κ3) is 2.63. The van der Waals surface area contributed by atoms with Crippen molar-refractivity contribution in [3.63, 3.8) is 0 Å². The summed E-state index contributed by atoms with van der Waals surface area (Å²) in [7, 11) is 0. The zero-order chi connectivity index (χ0) is 13.2. The lowest BCUT2D eigenvalue weighted by Gasteiger charge is -2.20. The molecule has 0 aliphatic carbocycles. The summed E-state index contributed by atoms with van der Waals surface area (Å²) < 4.78 is 10.7. The molecule has 3 rings (SSSR count). The van der Waals surface area contributed by atoms with Gasteiger partial charge in [-0.25, -0.2) is 0 Å². The van der Waals surface area contributed by atoms with Crippen molar-refractivity contribution in [2.24, 2.45) is 0 Å². The number of aromatic nitrogens is 2. The van der Waals surface area contributed by atoms with Crippen LogP contribution in [0.4, 0.5) is 0 Å². The van der Waals surface area contributed by atoms with Crippen LogP contribution in [0.2, 0.25) is 5.02 Å². The minimum atomic E-state index is -0.0181. The number of nitrogens with one attached hydrogen (secondary N) is 1. The molecule has 1 aliphatic heterocycles. The highest BCUT2D eigenvalue weighted by Crippen LogP contribution is 2.28. The van der Waals surface area contributed by atoms with E-state index in [0.29, 0.717) is 30.0 Å². The Morgan fingerprint density at radius 1 is 1.42 bits per heavy atom. The van der Waals surface area contributed by atoms with Gasteiger partial charge in [-0.2, -0.15) is 4.98 Å². The predicted octanol–water partition coefficient (Wildman–Crippen LogP) is 2.36. The maximum Gasteiger partial charge on any atom is 0.259 e. The number of hydrogen-bond acceptors (Lipinski definition) is 5. The molecule has 0 saturated carbocycles. The summed E-state index contributed by atoms with van der Waals surface area (Å²) >= 11 is 6.19. The van der Waals surface area contributed by atoms with E-state index < -0.39 is 0 Å². The van der Waals surface area contributed by atoms with Crippen LogP contribution in [0.5, 0.6) is 0 Å². The molecule has 1 aromatic heterocycles. The first-order valence-corrected chi connectivity index (χ1v) is 6.53. The fourth-order valence-electron chi connectivity index (χ4n) is 2.01. The van der Waals surface area contributed by atoms with Crippen molar-refractivity contribution in [2.75, 3.05) is 19.8 Å². The van der Waals surface area contributed by atoms with Gasteiger partial charge in [-0.15, -0.1) is 0 Å². The fraction of sp³-hybridized carbons (Fsp3) is 0.385. The molecule has 1 aromatic carbocycles. The number of morpholine rings is 1. The molecule has 1 fully saturated rings. The monoisotopic (exact) mass is 279 g/mol. The molecule has 2 heterocycles. The van der Waals surface area contributed by atoms with Crippen molar-refractivity contribution >= 4 is 11.6 Å². The van der Waals surface area contributed by atoms with E-state index in [-0.39, 0.29) is 6.04 Å². The standard InChI is InChI=1S/C13H14ClN3O2/c1-8-2-3-9(10(14)6-8)13-16-12(17-19-13)11-7-18-5-4-15-11/h2-3,6,11,15H,4-5,7H2,1H3. The highest BCUT2D eigenvalue weighted by atomic mass is 35.5. The number of ether oxygens (including phenoxy) is 1. The average Bonchev–Trinajstić information content (AvgIpc) is 2.89. The highest BCUT2D eigenvalue weighted by Gasteiger charge is 2.22. The van der Waals surface area contributed by atoms with Crippen LogP contribution < -0.4 is 5.32 Å². The second kappa shape index (κ2) is 5.28. The summed E-state index contributed by atoms with van der Waals surface area (Å²) in [5, 5.41) is 7.89. The number of aryl methyl sites for hydroxylation is 1. The largest absolute Gasteiger partial charge is 0.378 e. The minimum absolute atomic E-state index is 0.0181. The van der Waals surface area contributed by atoms with Gasteiger partial charge in [0.2, 0.25) is 0 Å². The Bertz CT molecular complexity index is 579. The zero-order valence-electron chi connectivity index (χ0n) is 10.5. The second-order valence-electron chi connectivity index (χ2n) is 4.52. The van der Waals surface area contributed by atoms with Crippen molar-refractivity contribution in [3.05, 3.63) is 34.6 Å². The molecule has 0 amide bonds. The Morgan fingerprint density at radius 3 is 3.05 bits per heavy atom. The summed E-state index contributed by atoms with van der Waals surface area (Å²) in [6, 6.07) is 5.71. The highest BCUT2D eigenvalue weighted by molar-refractivity contribution is 6.33. The minimum Gasteiger partial charge on any atom is -0.378 e. The van der Waals surface area contributed by atoms with Crippen LogP contribution in [-0.4, -0.2) is 29.9 Å². The fourth-order valence-corrected chi connectivity index (χ4v) is 2.33. The van der Waals surface area contributed by atoms with Gasteiger partial charge in [0, 0.05) is 6.54 Å². The van der Waals surface area contributed by atoms with Gasteiger partial charge in [0.25, 0.3) is 5.89 Å². The van der Waals surface area contributed by atoms with E-state index in [0.717, 1.165) is 17.7 Å². The molecular weight excluding hydrogens is 266 g/mol. The zero-order valence-corrected chi connectivity index (χ0v) is 11.3. The molecule has 0 spiro atoms. The molecule has 0 bridgehead atoms. The average molecular weight is 280 g/mol. The predicted molar refractivity (Wildman–Crippen MR) is 71.0 cm³/mol. The van der Waals surface area contributed by atoms with Gasteiger partial charge >= 0.3 is 0 Å². The van der Waals surface area contributed by atoms with Crippen molar-refractivity contribution in [3.8, 4) is 11.5 Å². The molecule has 19 heavy (non-hydrogen) atoms. The summed E-state index contributed by atoms with van der Waals surface area (Å²) in [6.45, 7) is 4.05. The Kier molecular flexibility index (Phi) is 3.50. The Balaban J connectivity index is 1.87. The van der Waals surface area contributed by atoms with Gasteiger partial charge < -0.3 is 14.6 Å². The number of nitrogens with zero attached hydrogens (tertiary/aromatic N) is 2. The number of rotatable bonds is 2. The van der Waals surface area contributed by atoms with E-state index in [1.165, 1.54) is 0 Å². The first-order chi connectivity index (χ1) is 9.24. The molecule has 5 nitrogen and oxygen atoms in total. The number of hydrogen-bond donors (Lipinski definition) is 1. The van der Waals surface area contributed by atoms with E-state index in [1.807, 2.05) is 25.1 Å². The SMILES string of the molecule is Cc1ccc(-c2nc(C3COCCN3)no2)c(Cl)c1. The number of benzene rings is 1. The lowest BCUT2D eigenvalue weighted by Crippen LogP contribution is -2.35. The second-order valence-corrected chi connectivity index (χ2v) is 4.93. The lowest BCUT2D eigenvalue weighted by molar-refractivity contribution is 0.0734. The Labute approximate surface area is 115 Å². The van der Waals surface area contributed by atoms with E-state index >= 15 is 0 Å². The molecule has 1 unspecified atom stereocenters. The summed E-state index contributed by atoms with van der Waals surface area (Å²) in [5.74, 6) is 1.04. The van der Waals surface area contributed by atoms with Gasteiger partial charge in [-0.1, -0.05) is 22.8 Å². The molecule has 0 radical (unpaired) electrons. The third-order valence-corrected chi connectivity index (χ3v) is 3.34. The first kappa shape index (κ1) is 12.6. The van der Waals surface area contributed by atoms with Crippen LogP contribution in [0.15, 0.2) is 22.7 Å². The maximum absolute atomic E-state index is 6.19. The van der Waals surface area contributed by atoms with Gasteiger partial charge in [0.05, 0.1) is 29.8 Å².